The van der Waals surface area contributed by atoms with Crippen LogP contribution in [0.3, 0.4) is 0 Å². The lowest BCUT2D eigenvalue weighted by molar-refractivity contribution is -0.136. The van der Waals surface area contributed by atoms with Gasteiger partial charge >= 0.3 is 0 Å². The molecular formula is C17H26N2O2. The normalized spacial score (nSPS) is 21.6. The van der Waals surface area contributed by atoms with Gasteiger partial charge in [0.25, 0.3) is 0 Å². The largest absolute Gasteiger partial charge is 0.376 e. The van der Waals surface area contributed by atoms with Crippen LogP contribution in [0.5, 0.6) is 0 Å². The van der Waals surface area contributed by atoms with Gasteiger partial charge in [-0.05, 0) is 24.8 Å². The molecule has 0 unspecified atom stereocenters. The molecule has 0 saturated carbocycles. The van der Waals surface area contributed by atoms with Crippen molar-refractivity contribution < 1.29 is 9.53 Å². The van der Waals surface area contributed by atoms with E-state index in [0.29, 0.717) is 6.54 Å². The lowest BCUT2D eigenvalue weighted by Crippen LogP contribution is -2.42. The van der Waals surface area contributed by atoms with Crippen LogP contribution in [0.25, 0.3) is 0 Å². The monoisotopic (exact) mass is 290 g/mol. The van der Waals surface area contributed by atoms with E-state index in [9.17, 15) is 4.79 Å². The van der Waals surface area contributed by atoms with Gasteiger partial charge in [-0.3, -0.25) is 4.79 Å². The molecule has 21 heavy (non-hydrogen) atoms. The second-order valence-corrected chi connectivity index (χ2v) is 5.93. The summed E-state index contributed by atoms with van der Waals surface area (Å²) in [6.07, 6.45) is 3.53. The molecule has 1 aromatic rings. The molecule has 1 aliphatic rings. The van der Waals surface area contributed by atoms with Crippen LogP contribution in [-0.4, -0.2) is 37.1 Å². The zero-order valence-corrected chi connectivity index (χ0v) is 13.0. The number of hydrogen-bond donors (Lipinski definition) is 1. The Balaban J connectivity index is 1.91. The van der Waals surface area contributed by atoms with E-state index >= 15 is 0 Å². The van der Waals surface area contributed by atoms with Gasteiger partial charge in [0, 0.05) is 26.2 Å². The van der Waals surface area contributed by atoms with Gasteiger partial charge in [0.2, 0.25) is 5.91 Å². The fraction of sp³-hybridized carbons (Fsp3) is 0.588. The SMILES string of the molecule is C[C@H](C(=O)N(C)C[C@H]1CCCCO1)[C@@H](N)c1ccccc1. The van der Waals surface area contributed by atoms with Crippen LogP contribution in [-0.2, 0) is 9.53 Å². The number of carbonyl (C=O) groups is 1. The Kier molecular flexibility index (Phi) is 5.76. The van der Waals surface area contributed by atoms with Crippen molar-refractivity contribution in [2.45, 2.75) is 38.3 Å². The third kappa shape index (κ3) is 4.29. The first-order valence-corrected chi connectivity index (χ1v) is 7.76. The highest BCUT2D eigenvalue weighted by molar-refractivity contribution is 5.79. The molecule has 2 N–H and O–H groups in total. The predicted molar refractivity (Wildman–Crippen MR) is 83.8 cm³/mol. The molecule has 1 aromatic carbocycles. The molecule has 116 valence electrons. The maximum atomic E-state index is 12.5. The predicted octanol–water partition coefficient (Wildman–Crippen LogP) is 2.35. The van der Waals surface area contributed by atoms with Crippen LogP contribution in [0.2, 0.25) is 0 Å². The first-order chi connectivity index (χ1) is 10.1. The molecule has 3 atom stereocenters. The Labute approximate surface area is 127 Å². The number of hydrogen-bond acceptors (Lipinski definition) is 3. The summed E-state index contributed by atoms with van der Waals surface area (Å²) < 4.78 is 5.70. The zero-order valence-electron chi connectivity index (χ0n) is 13.0. The number of carbonyl (C=O) groups excluding carboxylic acids is 1. The van der Waals surface area contributed by atoms with Crippen LogP contribution >= 0.6 is 0 Å². The Hall–Kier alpha value is -1.39. The van der Waals surface area contributed by atoms with E-state index in [1.165, 1.54) is 6.42 Å². The van der Waals surface area contributed by atoms with E-state index < -0.39 is 0 Å². The summed E-state index contributed by atoms with van der Waals surface area (Å²) in [7, 11) is 1.84. The van der Waals surface area contributed by atoms with Gasteiger partial charge in [-0.2, -0.15) is 0 Å². The van der Waals surface area contributed by atoms with Gasteiger partial charge in [-0.15, -0.1) is 0 Å². The first kappa shape index (κ1) is 16.0. The summed E-state index contributed by atoms with van der Waals surface area (Å²) in [6.45, 7) is 3.37. The van der Waals surface area contributed by atoms with Crippen molar-refractivity contribution in [3.8, 4) is 0 Å². The van der Waals surface area contributed by atoms with Crippen molar-refractivity contribution in [2.24, 2.45) is 11.7 Å². The van der Waals surface area contributed by atoms with Crippen LogP contribution in [0.1, 0.15) is 37.8 Å². The molecule has 0 aromatic heterocycles. The minimum absolute atomic E-state index is 0.0838. The summed E-state index contributed by atoms with van der Waals surface area (Å²) in [4.78, 5) is 14.3. The second-order valence-electron chi connectivity index (χ2n) is 5.93. The Morgan fingerprint density at radius 3 is 2.71 bits per heavy atom. The number of rotatable bonds is 5. The average molecular weight is 290 g/mol. The minimum Gasteiger partial charge on any atom is -0.376 e. The molecule has 4 nitrogen and oxygen atoms in total. The number of nitrogens with two attached hydrogens (primary N) is 1. The maximum Gasteiger partial charge on any atom is 0.227 e. The molecule has 1 fully saturated rings. The van der Waals surface area contributed by atoms with Gasteiger partial charge in [-0.25, -0.2) is 0 Å². The number of ether oxygens (including phenoxy) is 1. The van der Waals surface area contributed by atoms with Crippen molar-refractivity contribution in [1.82, 2.24) is 4.90 Å². The molecule has 2 rings (SSSR count). The maximum absolute atomic E-state index is 12.5. The fourth-order valence-electron chi connectivity index (χ4n) is 2.81. The molecule has 4 heteroatoms. The van der Waals surface area contributed by atoms with Gasteiger partial charge < -0.3 is 15.4 Å². The molecule has 1 saturated heterocycles. The fourth-order valence-corrected chi connectivity index (χ4v) is 2.81. The van der Waals surface area contributed by atoms with Crippen molar-refractivity contribution >= 4 is 5.91 Å². The first-order valence-electron chi connectivity index (χ1n) is 7.76. The number of benzene rings is 1. The van der Waals surface area contributed by atoms with Gasteiger partial charge in [0.05, 0.1) is 12.0 Å². The van der Waals surface area contributed by atoms with E-state index in [1.807, 2.05) is 44.3 Å². The van der Waals surface area contributed by atoms with Crippen LogP contribution < -0.4 is 5.73 Å². The molecule has 0 spiro atoms. The third-order valence-corrected chi connectivity index (χ3v) is 4.24. The highest BCUT2D eigenvalue weighted by atomic mass is 16.5. The average Bonchev–Trinajstić information content (AvgIpc) is 2.54. The molecule has 0 bridgehead atoms. The number of amides is 1. The van der Waals surface area contributed by atoms with Crippen LogP contribution in [0.4, 0.5) is 0 Å². The third-order valence-electron chi connectivity index (χ3n) is 4.24. The summed E-state index contributed by atoms with van der Waals surface area (Å²) in [5, 5.41) is 0. The smallest absolute Gasteiger partial charge is 0.227 e. The lowest BCUT2D eigenvalue weighted by atomic mass is 9.94. The zero-order chi connectivity index (χ0) is 15.2. The number of nitrogens with zero attached hydrogens (tertiary/aromatic N) is 1. The lowest BCUT2D eigenvalue weighted by Gasteiger charge is -2.30. The molecule has 0 aliphatic carbocycles. The van der Waals surface area contributed by atoms with E-state index in [2.05, 4.69) is 0 Å². The quantitative estimate of drug-likeness (QED) is 0.905. The van der Waals surface area contributed by atoms with E-state index in [-0.39, 0.29) is 24.0 Å². The van der Waals surface area contributed by atoms with E-state index in [4.69, 9.17) is 10.5 Å². The summed E-state index contributed by atoms with van der Waals surface area (Å²) in [5.41, 5.74) is 7.23. The standard InChI is InChI=1S/C17H26N2O2/c1-13(16(18)14-8-4-3-5-9-14)17(20)19(2)12-15-10-6-7-11-21-15/h3-5,8-9,13,15-16H,6-7,10-12,18H2,1-2H3/t13-,15+,16+/m0/s1. The van der Waals surface area contributed by atoms with E-state index in [1.54, 1.807) is 4.90 Å². The van der Waals surface area contributed by atoms with Crippen molar-refractivity contribution in [3.05, 3.63) is 35.9 Å². The summed E-state index contributed by atoms with van der Waals surface area (Å²) >= 11 is 0. The Morgan fingerprint density at radius 1 is 1.38 bits per heavy atom. The topological polar surface area (TPSA) is 55.6 Å². The van der Waals surface area contributed by atoms with Crippen molar-refractivity contribution in [1.29, 1.82) is 0 Å². The second kappa shape index (κ2) is 7.57. The molecule has 1 heterocycles. The van der Waals surface area contributed by atoms with Crippen molar-refractivity contribution in [3.63, 3.8) is 0 Å². The van der Waals surface area contributed by atoms with E-state index in [0.717, 1.165) is 25.0 Å². The van der Waals surface area contributed by atoms with Gasteiger partial charge in [0.15, 0.2) is 0 Å². The molecule has 0 radical (unpaired) electrons. The number of likely N-dealkylation sites (N-methyl/N-ethyl adjacent to an activating group) is 1. The summed E-state index contributed by atoms with van der Waals surface area (Å²) in [5.74, 6) is -0.151. The minimum atomic E-state index is -0.270. The van der Waals surface area contributed by atoms with Gasteiger partial charge in [0.1, 0.15) is 0 Å². The Bertz CT molecular complexity index is 443. The van der Waals surface area contributed by atoms with Crippen LogP contribution in [0.15, 0.2) is 30.3 Å². The molecule has 1 aliphatic heterocycles. The molecular weight excluding hydrogens is 264 g/mol. The van der Waals surface area contributed by atoms with Crippen LogP contribution in [0, 0.1) is 5.92 Å². The highest BCUT2D eigenvalue weighted by Gasteiger charge is 2.26. The van der Waals surface area contributed by atoms with Gasteiger partial charge in [-0.1, -0.05) is 37.3 Å². The Morgan fingerprint density at radius 2 is 2.10 bits per heavy atom. The van der Waals surface area contributed by atoms with Crippen molar-refractivity contribution in [2.75, 3.05) is 20.2 Å². The highest BCUT2D eigenvalue weighted by Crippen LogP contribution is 2.21. The molecule has 1 amide bonds. The summed E-state index contributed by atoms with van der Waals surface area (Å²) in [6, 6.07) is 9.53.